The Morgan fingerprint density at radius 3 is 1.37 bits per heavy atom. The van der Waals surface area contributed by atoms with E-state index in [-0.39, 0.29) is 61.9 Å². The molecule has 27 nitrogen and oxygen atoms in total. The first-order chi connectivity index (χ1) is 47.2. The first-order valence-corrected chi connectivity index (χ1v) is 37.9. The van der Waals surface area contributed by atoms with Crippen LogP contribution < -0.4 is 30.0 Å². The summed E-state index contributed by atoms with van der Waals surface area (Å²) < 4.78 is 76.0. The quantitative estimate of drug-likeness (QED) is 0.0236. The van der Waals surface area contributed by atoms with Gasteiger partial charge in [-0.3, -0.25) is 4.79 Å². The van der Waals surface area contributed by atoms with Crippen LogP contribution in [0.15, 0.2) is 95.2 Å². The van der Waals surface area contributed by atoms with E-state index in [4.69, 9.17) is 52.4 Å². The molecule has 2 atom stereocenters. The number of anilines is 2. The van der Waals surface area contributed by atoms with Gasteiger partial charge >= 0.3 is 18.2 Å². The Hall–Kier alpha value is -7.86. The van der Waals surface area contributed by atoms with E-state index >= 15 is 0 Å². The van der Waals surface area contributed by atoms with Gasteiger partial charge in [0.1, 0.15) is 42.9 Å². The van der Waals surface area contributed by atoms with Crippen LogP contribution in [0, 0.1) is 22.7 Å². The summed E-state index contributed by atoms with van der Waals surface area (Å²) in [6.45, 7) is 28.1. The van der Waals surface area contributed by atoms with Gasteiger partial charge in [-0.25, -0.2) is 70.4 Å². The summed E-state index contributed by atoms with van der Waals surface area (Å²) in [7, 11) is -7.95. The highest BCUT2D eigenvalue weighted by Gasteiger charge is 2.44. The molecule has 3 amide bonds. The number of rotatable bonds is 27. The third-order valence-corrected chi connectivity index (χ3v) is 20.8. The number of hydrogen-bond donors (Lipinski definition) is 5. The average Bonchev–Trinajstić information content (AvgIpc) is 1.24. The summed E-state index contributed by atoms with van der Waals surface area (Å²) in [5.74, 6) is 1.72. The Kier molecular flexibility index (Phi) is 26.9. The number of amides is 3. The van der Waals surface area contributed by atoms with E-state index in [0.717, 1.165) is 77.3 Å². The molecule has 0 radical (unpaired) electrons. The number of carboxylic acid groups (broad SMARTS) is 1. The molecule has 2 saturated heterocycles. The van der Waals surface area contributed by atoms with Gasteiger partial charge in [-0.1, -0.05) is 57.3 Å². The molecular formula is C71H102Cl2N14O13S2. The fourth-order valence-corrected chi connectivity index (χ4v) is 13.5. The van der Waals surface area contributed by atoms with Gasteiger partial charge in [-0.05, 0) is 217 Å². The number of pyridine rings is 4. The van der Waals surface area contributed by atoms with E-state index in [1.807, 2.05) is 56.1 Å². The van der Waals surface area contributed by atoms with Gasteiger partial charge in [0.25, 0.3) is 15.9 Å². The molecular weight excluding hydrogens is 1390 g/mol. The monoisotopic (exact) mass is 1490 g/mol. The normalized spacial score (nSPS) is 17.7. The van der Waals surface area contributed by atoms with E-state index in [0.29, 0.717) is 84.0 Å². The molecule has 4 aliphatic rings. The lowest BCUT2D eigenvalue weighted by Crippen LogP contribution is -2.45. The fraction of sp³-hybridized carbons (Fsp3) is 0.577. The van der Waals surface area contributed by atoms with Gasteiger partial charge in [0.15, 0.2) is 11.6 Å². The number of nitrogens with two attached hydrogens (primary N) is 1. The zero-order chi connectivity index (χ0) is 73.9. The molecule has 0 spiro atoms. The summed E-state index contributed by atoms with van der Waals surface area (Å²) in [5, 5.41) is 28.8. The standard InChI is InChI=1S/C35H48ClN7O6S.C20H34N4O4S.C15H16ClN3O3.CH4/c1-33(2,3)49-32(45)42-23-24(21-34(42,4)5)9-7-8-18-37-27-12-10-25(22-38-27)50(46,47)41-31(44)26-11-13-28(39-30(26)36)43-19-14-29(40-43)48-20-17-35(6)15-16-35;1-19(2,3)28-18(25)24-14-15(12-20(24,4)5)8-6-7-11-22-17-10-9-16(13-23-17)29(21,26)27;1-15(5-6-15)7-9-22-12-4-8-19(18-12)11-3-2-10(14(20)21)13(16)17-11;/h10-14,19,22,24H,7-9,15-18,20-21,23H2,1-6H3,(H,37,38)(H,41,44);9-10,13,15H,6-8,11-12,14H2,1-5H3,(H,22,23)(H2,21,26,27);2-4,8H,5-7,9H2,1H3,(H,20,21);1H4. The van der Waals surface area contributed by atoms with E-state index in [9.17, 15) is 36.0 Å². The lowest BCUT2D eigenvalue weighted by atomic mass is 9.93. The number of ether oxygens (including phenoxy) is 4. The first kappa shape index (κ1) is 81.4. The second-order valence-corrected chi connectivity index (χ2v) is 34.3. The molecule has 2 unspecified atom stereocenters. The number of aromatic nitrogens is 8. The fourth-order valence-electron chi connectivity index (χ4n) is 11.7. The summed E-state index contributed by atoms with van der Waals surface area (Å²) in [5.41, 5.74) is -0.778. The third-order valence-electron chi connectivity index (χ3n) is 18.0. The number of likely N-dealkylation sites (tertiary alicyclic amines) is 2. The predicted octanol–water partition coefficient (Wildman–Crippen LogP) is 13.8. The van der Waals surface area contributed by atoms with Crippen LogP contribution in [-0.4, -0.2) is 157 Å². The van der Waals surface area contributed by atoms with Crippen LogP contribution >= 0.6 is 23.2 Å². The Morgan fingerprint density at radius 2 is 1.01 bits per heavy atom. The minimum Gasteiger partial charge on any atom is -0.478 e. The van der Waals surface area contributed by atoms with Gasteiger partial charge < -0.3 is 44.5 Å². The van der Waals surface area contributed by atoms with Crippen molar-refractivity contribution in [3.63, 3.8) is 0 Å². The first-order valence-electron chi connectivity index (χ1n) is 34.1. The molecule has 6 aromatic rings. The van der Waals surface area contributed by atoms with E-state index in [1.165, 1.54) is 77.8 Å². The summed E-state index contributed by atoms with van der Waals surface area (Å²) in [6.07, 6.45) is 20.0. The Labute approximate surface area is 610 Å². The lowest BCUT2D eigenvalue weighted by Gasteiger charge is -2.33. The van der Waals surface area contributed by atoms with Gasteiger partial charge in [0.2, 0.25) is 21.8 Å². The number of carboxylic acids is 1. The molecule has 6 aromatic heterocycles. The van der Waals surface area contributed by atoms with Crippen molar-refractivity contribution in [1.82, 2.24) is 54.0 Å². The SMILES string of the molecule is C.CC(C)(C)OC(=O)N1CC(CCCCNc2ccc(S(N)(=O)=O)cn2)CC1(C)C.CC1(CCOc2ccn(-c3ccc(C(=O)NS(=O)(=O)c4ccc(NCCCCC5CN(C(=O)OC(C)(C)C)C(C)(C)C5)nc4)c(Cl)n3)n2)CC1.CC1(CCOc2ccn(-c3ccc(C(=O)O)c(Cl)n3)n2)CC1. The number of carbonyl (C=O) groups excluding carboxylic acids is 3. The number of sulfonamides is 2. The maximum Gasteiger partial charge on any atom is 0.410 e. The van der Waals surface area contributed by atoms with Gasteiger partial charge in [0, 0.05) is 74.2 Å². The number of nitrogens with one attached hydrogen (secondary N) is 3. The lowest BCUT2D eigenvalue weighted by molar-refractivity contribution is 0.0118. The highest BCUT2D eigenvalue weighted by molar-refractivity contribution is 7.90. The molecule has 2 saturated carbocycles. The number of aromatic carboxylic acids is 1. The third kappa shape index (κ3) is 24.4. The molecule has 10 rings (SSSR count). The average molecular weight is 1490 g/mol. The molecule has 6 N–H and O–H groups in total. The van der Waals surface area contributed by atoms with Crippen molar-refractivity contribution in [2.24, 2.45) is 27.8 Å². The molecule has 8 heterocycles. The van der Waals surface area contributed by atoms with Crippen molar-refractivity contribution in [2.75, 3.05) is 50.0 Å². The van der Waals surface area contributed by atoms with Crippen LogP contribution in [0.25, 0.3) is 11.6 Å². The van der Waals surface area contributed by atoms with Crippen LogP contribution in [0.1, 0.15) is 201 Å². The van der Waals surface area contributed by atoms with Crippen molar-refractivity contribution < 1.29 is 60.1 Å². The molecule has 102 heavy (non-hydrogen) atoms. The number of carbonyl (C=O) groups is 4. The zero-order valence-electron chi connectivity index (χ0n) is 59.8. The molecule has 4 fully saturated rings. The van der Waals surface area contributed by atoms with Crippen LogP contribution in [0.2, 0.25) is 10.3 Å². The van der Waals surface area contributed by atoms with Crippen molar-refractivity contribution in [3.05, 3.63) is 107 Å². The van der Waals surface area contributed by atoms with Gasteiger partial charge in [-0.15, -0.1) is 10.2 Å². The van der Waals surface area contributed by atoms with Crippen molar-refractivity contribution in [2.45, 2.75) is 212 Å². The maximum atomic E-state index is 13.0. The Balaban J connectivity index is 0.000000236. The molecule has 2 aliphatic heterocycles. The van der Waals surface area contributed by atoms with Crippen molar-refractivity contribution in [1.29, 1.82) is 0 Å². The maximum absolute atomic E-state index is 13.0. The number of unbranched alkanes of at least 4 members (excludes halogenated alkanes) is 2. The zero-order valence-corrected chi connectivity index (χ0v) is 63.0. The van der Waals surface area contributed by atoms with E-state index in [2.05, 4.69) is 82.3 Å². The smallest absolute Gasteiger partial charge is 0.410 e. The Bertz CT molecular complexity index is 4080. The number of halogens is 2. The van der Waals surface area contributed by atoms with Crippen LogP contribution in [0.4, 0.5) is 21.2 Å². The number of primary sulfonamides is 1. The largest absolute Gasteiger partial charge is 0.478 e. The van der Waals surface area contributed by atoms with E-state index < -0.39 is 43.1 Å². The van der Waals surface area contributed by atoms with E-state index in [1.54, 1.807) is 42.7 Å². The molecule has 560 valence electrons. The molecule has 2 aliphatic carbocycles. The van der Waals surface area contributed by atoms with Gasteiger partial charge in [-0.2, -0.15) is 0 Å². The van der Waals surface area contributed by atoms with Crippen LogP contribution in [0.5, 0.6) is 11.8 Å². The Morgan fingerprint density at radius 1 is 0.598 bits per heavy atom. The number of hydrogen-bond acceptors (Lipinski definition) is 20. The minimum absolute atomic E-state index is 0. The van der Waals surface area contributed by atoms with Crippen LogP contribution in [-0.2, 0) is 29.5 Å². The summed E-state index contributed by atoms with van der Waals surface area (Å²) >= 11 is 12.2. The second-order valence-electron chi connectivity index (χ2n) is 30.4. The van der Waals surface area contributed by atoms with Crippen LogP contribution in [0.3, 0.4) is 0 Å². The number of nitrogens with zero attached hydrogens (tertiary/aromatic N) is 10. The highest BCUT2D eigenvalue weighted by atomic mass is 35.5. The summed E-state index contributed by atoms with van der Waals surface area (Å²) in [6, 6.07) is 15.3. The molecule has 0 bridgehead atoms. The molecule has 31 heteroatoms. The summed E-state index contributed by atoms with van der Waals surface area (Å²) in [4.78, 5) is 69.1. The second kappa shape index (κ2) is 33.7. The highest BCUT2D eigenvalue weighted by Crippen LogP contribution is 2.49. The predicted molar refractivity (Wildman–Crippen MR) is 391 cm³/mol. The van der Waals surface area contributed by atoms with Crippen molar-refractivity contribution in [3.8, 4) is 23.4 Å². The molecule has 0 aromatic carbocycles. The van der Waals surface area contributed by atoms with Crippen molar-refractivity contribution >= 4 is 78.9 Å². The topological polar surface area (TPSA) is 349 Å². The minimum atomic E-state index is -4.23. The van der Waals surface area contributed by atoms with Gasteiger partial charge in [0.05, 0.1) is 24.3 Å².